The lowest BCUT2D eigenvalue weighted by Gasteiger charge is -2.25. The van der Waals surface area contributed by atoms with E-state index in [9.17, 15) is 14.4 Å². The predicted molar refractivity (Wildman–Crippen MR) is 92.5 cm³/mol. The molecule has 10 heteroatoms. The Hall–Kier alpha value is -1.36. The number of imide groups is 1. The Morgan fingerprint density at radius 2 is 2.04 bits per heavy atom. The lowest BCUT2D eigenvalue weighted by molar-refractivity contribution is -0.126. The summed E-state index contributed by atoms with van der Waals surface area (Å²) in [6.45, 7) is 2.82. The molecule has 140 valence electrons. The summed E-state index contributed by atoms with van der Waals surface area (Å²) in [5.74, 6) is -0.273. The summed E-state index contributed by atoms with van der Waals surface area (Å²) in [4.78, 5) is 36.2. The van der Waals surface area contributed by atoms with Crippen molar-refractivity contribution in [3.05, 3.63) is 0 Å². The number of carbonyl (C=O) groups is 3. The largest absolute Gasteiger partial charge is 0.450 e. The average Bonchev–Trinajstić information content (AvgIpc) is 3.21. The van der Waals surface area contributed by atoms with Gasteiger partial charge in [0.15, 0.2) is 0 Å². The Kier molecular flexibility index (Phi) is 6.15. The number of hydrogen-bond donors (Lipinski definition) is 5. The molecule has 25 heavy (non-hydrogen) atoms. The van der Waals surface area contributed by atoms with Crippen LogP contribution in [0.1, 0.15) is 26.2 Å². The maximum absolute atomic E-state index is 12.5. The van der Waals surface area contributed by atoms with E-state index in [-0.39, 0.29) is 30.1 Å². The number of nitrogens with one attached hydrogen (secondary N) is 5. The molecular formula is C15H25N5O4S. The first-order valence-corrected chi connectivity index (χ1v) is 9.78. The maximum atomic E-state index is 12.5. The molecule has 0 aromatic carbocycles. The Balaban J connectivity index is 1.51. The Bertz CT molecular complexity index is 520. The summed E-state index contributed by atoms with van der Waals surface area (Å²) in [5, 5.41) is 14.7. The van der Waals surface area contributed by atoms with E-state index in [1.165, 1.54) is 11.8 Å². The van der Waals surface area contributed by atoms with Crippen LogP contribution in [0.4, 0.5) is 4.79 Å². The molecule has 0 spiro atoms. The van der Waals surface area contributed by atoms with Gasteiger partial charge in [-0.2, -0.15) is 0 Å². The number of thioether (sulfide) groups is 1. The van der Waals surface area contributed by atoms with Crippen molar-refractivity contribution >= 4 is 29.7 Å². The van der Waals surface area contributed by atoms with E-state index < -0.39 is 24.1 Å². The monoisotopic (exact) mass is 371 g/mol. The van der Waals surface area contributed by atoms with Crippen LogP contribution < -0.4 is 26.6 Å². The zero-order valence-corrected chi connectivity index (χ0v) is 15.0. The van der Waals surface area contributed by atoms with E-state index in [4.69, 9.17) is 4.74 Å². The summed E-state index contributed by atoms with van der Waals surface area (Å²) < 4.78 is 4.73. The van der Waals surface area contributed by atoms with Crippen LogP contribution in [0.2, 0.25) is 0 Å². The number of carbonyl (C=O) groups excluding carboxylic acids is 3. The fraction of sp³-hybridized carbons (Fsp3) is 0.800. The molecule has 3 aliphatic rings. The molecular weight excluding hydrogens is 346 g/mol. The molecule has 0 aromatic heterocycles. The highest BCUT2D eigenvalue weighted by Gasteiger charge is 2.41. The highest BCUT2D eigenvalue weighted by molar-refractivity contribution is 8.00. The normalized spacial score (nSPS) is 34.2. The van der Waals surface area contributed by atoms with Gasteiger partial charge in [0.2, 0.25) is 5.91 Å². The molecule has 0 saturated carbocycles. The molecule has 0 radical (unpaired) electrons. The molecule has 0 bridgehead atoms. The second-order valence-electron chi connectivity index (χ2n) is 6.35. The zero-order chi connectivity index (χ0) is 17.8. The Morgan fingerprint density at radius 3 is 2.80 bits per heavy atom. The van der Waals surface area contributed by atoms with Crippen molar-refractivity contribution in [2.75, 3.05) is 18.9 Å². The average molecular weight is 371 g/mol. The van der Waals surface area contributed by atoms with Gasteiger partial charge in [0.1, 0.15) is 6.17 Å². The van der Waals surface area contributed by atoms with Gasteiger partial charge in [-0.3, -0.25) is 25.5 Å². The molecule has 0 aliphatic carbocycles. The van der Waals surface area contributed by atoms with Crippen LogP contribution in [-0.4, -0.2) is 60.6 Å². The summed E-state index contributed by atoms with van der Waals surface area (Å²) in [5.41, 5.74) is 0. The molecule has 5 atom stereocenters. The number of ether oxygens (including phenoxy) is 1. The quantitative estimate of drug-likeness (QED) is 0.429. The fourth-order valence-corrected chi connectivity index (χ4v) is 4.76. The summed E-state index contributed by atoms with van der Waals surface area (Å²) >= 11 is 1.52. The maximum Gasteiger partial charge on any atom is 0.413 e. The molecule has 3 fully saturated rings. The number of rotatable bonds is 4. The minimum Gasteiger partial charge on any atom is -0.450 e. The van der Waals surface area contributed by atoms with Crippen molar-refractivity contribution < 1.29 is 19.1 Å². The minimum absolute atomic E-state index is 0.101. The smallest absolute Gasteiger partial charge is 0.413 e. The van der Waals surface area contributed by atoms with E-state index in [0.29, 0.717) is 6.42 Å². The van der Waals surface area contributed by atoms with Gasteiger partial charge in [-0.05, 0) is 38.5 Å². The third-order valence-corrected chi connectivity index (χ3v) is 5.94. The van der Waals surface area contributed by atoms with Crippen molar-refractivity contribution in [1.82, 2.24) is 26.6 Å². The van der Waals surface area contributed by atoms with Gasteiger partial charge in [-0.1, -0.05) is 0 Å². The second kappa shape index (κ2) is 8.35. The first-order valence-electron chi connectivity index (χ1n) is 8.73. The van der Waals surface area contributed by atoms with Crippen LogP contribution in [-0.2, 0) is 14.3 Å². The van der Waals surface area contributed by atoms with Gasteiger partial charge in [-0.15, -0.1) is 11.8 Å². The number of alkyl carbamates (subject to hydrolysis) is 1. The van der Waals surface area contributed by atoms with Crippen LogP contribution in [0.5, 0.6) is 0 Å². The van der Waals surface area contributed by atoms with Gasteiger partial charge in [0, 0.05) is 6.04 Å². The number of piperidine rings is 1. The molecule has 3 amide bonds. The first kappa shape index (κ1) is 18.4. The van der Waals surface area contributed by atoms with Gasteiger partial charge >= 0.3 is 6.09 Å². The zero-order valence-electron chi connectivity index (χ0n) is 14.2. The lowest BCUT2D eigenvalue weighted by atomic mass is 10.1. The van der Waals surface area contributed by atoms with Crippen LogP contribution >= 0.6 is 11.8 Å². The van der Waals surface area contributed by atoms with Gasteiger partial charge in [-0.25, -0.2) is 4.79 Å². The third-order valence-electron chi connectivity index (χ3n) is 4.66. The van der Waals surface area contributed by atoms with Crippen LogP contribution in [0, 0.1) is 5.92 Å². The summed E-state index contributed by atoms with van der Waals surface area (Å²) in [7, 11) is 0. The van der Waals surface area contributed by atoms with Crippen molar-refractivity contribution in [2.45, 2.75) is 49.9 Å². The Labute approximate surface area is 150 Å². The van der Waals surface area contributed by atoms with E-state index in [2.05, 4.69) is 26.6 Å². The summed E-state index contributed by atoms with van der Waals surface area (Å²) in [6, 6.07) is 0.239. The predicted octanol–water partition coefficient (Wildman–Crippen LogP) is -0.948. The molecule has 3 saturated heterocycles. The molecule has 0 aromatic rings. The molecule has 3 rings (SSSR count). The van der Waals surface area contributed by atoms with Crippen LogP contribution in [0.25, 0.3) is 0 Å². The minimum atomic E-state index is -0.747. The molecule has 3 aliphatic heterocycles. The first-order chi connectivity index (χ1) is 12.1. The third kappa shape index (κ3) is 4.43. The fourth-order valence-electron chi connectivity index (χ4n) is 3.42. The van der Waals surface area contributed by atoms with Crippen molar-refractivity contribution in [3.8, 4) is 0 Å². The molecule has 5 unspecified atom stereocenters. The molecule has 9 nitrogen and oxygen atoms in total. The Morgan fingerprint density at radius 1 is 1.20 bits per heavy atom. The standard InChI is InChI=1S/C15H25N5O4S/c1-2-24-15(23)20-12(21)8-5-7-25-14(8)19-13(22)11-17-9-4-3-6-16-10(9)18-11/h8-11,14,16-18H,2-7H2,1H3,(H,19,22)(H,20,21,23). The number of amides is 3. The van der Waals surface area contributed by atoms with Crippen molar-refractivity contribution in [2.24, 2.45) is 5.92 Å². The van der Waals surface area contributed by atoms with Crippen LogP contribution in [0.3, 0.4) is 0 Å². The van der Waals surface area contributed by atoms with Crippen LogP contribution in [0.15, 0.2) is 0 Å². The van der Waals surface area contributed by atoms with Gasteiger partial charge in [0.05, 0.1) is 24.1 Å². The van der Waals surface area contributed by atoms with E-state index in [1.54, 1.807) is 6.92 Å². The number of fused-ring (bicyclic) bond motifs is 1. The highest BCUT2D eigenvalue weighted by atomic mass is 32.2. The van der Waals surface area contributed by atoms with E-state index in [0.717, 1.165) is 25.1 Å². The van der Waals surface area contributed by atoms with Crippen molar-refractivity contribution in [1.29, 1.82) is 0 Å². The molecule has 3 heterocycles. The van der Waals surface area contributed by atoms with Gasteiger partial charge < -0.3 is 15.4 Å². The molecule has 5 N–H and O–H groups in total. The SMILES string of the molecule is CCOC(=O)NC(=O)C1CCSC1NC(=O)C1NC2CCCNC2N1. The highest BCUT2D eigenvalue weighted by Crippen LogP contribution is 2.30. The second-order valence-corrected chi connectivity index (χ2v) is 7.60. The van der Waals surface area contributed by atoms with E-state index >= 15 is 0 Å². The van der Waals surface area contributed by atoms with Gasteiger partial charge in [0.25, 0.3) is 5.91 Å². The summed E-state index contributed by atoms with van der Waals surface area (Å²) in [6.07, 6.45) is 1.60. The number of hydrogen-bond acceptors (Lipinski definition) is 8. The lowest BCUT2D eigenvalue weighted by Crippen LogP contribution is -2.53. The van der Waals surface area contributed by atoms with Crippen molar-refractivity contribution in [3.63, 3.8) is 0 Å². The van der Waals surface area contributed by atoms with E-state index in [1.807, 2.05) is 0 Å². The topological polar surface area (TPSA) is 121 Å².